The van der Waals surface area contributed by atoms with Crippen LogP contribution < -0.4 is 0 Å². The first kappa shape index (κ1) is 13.9. The van der Waals surface area contributed by atoms with Gasteiger partial charge in [0.05, 0.1) is 5.33 Å². The van der Waals surface area contributed by atoms with Gasteiger partial charge in [-0.05, 0) is 29.3 Å². The summed E-state index contributed by atoms with van der Waals surface area (Å²) in [5.41, 5.74) is 1.18. The topological polar surface area (TPSA) is 17.1 Å². The number of carbonyl (C=O) groups is 1. The molecule has 0 N–H and O–H groups in total. The van der Waals surface area contributed by atoms with E-state index in [1.54, 1.807) is 24.3 Å². The van der Waals surface area contributed by atoms with E-state index in [0.29, 0.717) is 21.2 Å². The van der Waals surface area contributed by atoms with Gasteiger partial charge in [0.25, 0.3) is 5.92 Å². The van der Waals surface area contributed by atoms with Crippen LogP contribution in [0.25, 0.3) is 11.1 Å². The van der Waals surface area contributed by atoms with Crippen molar-refractivity contribution in [3.8, 4) is 11.1 Å². The Morgan fingerprint density at radius 1 is 1.05 bits per heavy atom. The number of Topliss-reactive ketones (excluding diaryl/α,β-unsaturated/α-hetero) is 1. The molecule has 3 rings (SSSR count). The predicted octanol–water partition coefficient (Wildman–Crippen LogP) is 5.15. The summed E-state index contributed by atoms with van der Waals surface area (Å²) < 4.78 is 29.6. The zero-order chi connectivity index (χ0) is 14.5. The molecule has 20 heavy (non-hydrogen) atoms. The first-order valence-corrected chi connectivity index (χ1v) is 7.78. The summed E-state index contributed by atoms with van der Waals surface area (Å²) in [5, 5.41) is 0.121. The van der Waals surface area contributed by atoms with Gasteiger partial charge in [-0.15, -0.1) is 0 Å². The average Bonchev–Trinajstić information content (AvgIpc) is 2.66. The molecule has 1 aliphatic carbocycles. The van der Waals surface area contributed by atoms with Crippen LogP contribution in [0.1, 0.15) is 21.5 Å². The van der Waals surface area contributed by atoms with E-state index in [-0.39, 0.29) is 22.2 Å². The minimum absolute atomic E-state index is 0.0229. The lowest BCUT2D eigenvalue weighted by Crippen LogP contribution is -2.12. The molecule has 0 saturated carbocycles. The fraction of sp³-hybridized carbons (Fsp3) is 0.133. The number of carbonyl (C=O) groups excluding carboxylic acids is 1. The van der Waals surface area contributed by atoms with Gasteiger partial charge in [0.2, 0.25) is 0 Å². The third-order valence-electron chi connectivity index (χ3n) is 3.41. The summed E-state index contributed by atoms with van der Waals surface area (Å²) in [6.45, 7) is 0. The van der Waals surface area contributed by atoms with Crippen LogP contribution in [0.15, 0.2) is 40.9 Å². The second kappa shape index (κ2) is 4.74. The zero-order valence-corrected chi connectivity index (χ0v) is 13.3. The summed E-state index contributed by atoms with van der Waals surface area (Å²) in [7, 11) is 0. The van der Waals surface area contributed by atoms with Gasteiger partial charge in [-0.25, -0.2) is 0 Å². The molecule has 0 radical (unpaired) electrons. The molecule has 0 spiro atoms. The van der Waals surface area contributed by atoms with E-state index >= 15 is 0 Å². The van der Waals surface area contributed by atoms with Gasteiger partial charge in [-0.2, -0.15) is 8.78 Å². The van der Waals surface area contributed by atoms with Crippen molar-refractivity contribution in [1.82, 2.24) is 0 Å². The van der Waals surface area contributed by atoms with Crippen molar-refractivity contribution in [2.45, 2.75) is 5.92 Å². The molecule has 5 heteroatoms. The molecule has 0 bridgehead atoms. The summed E-state index contributed by atoms with van der Waals surface area (Å²) in [5.74, 6) is -3.28. The Bertz CT molecular complexity index is 726. The molecular formula is C15H8Br2F2O. The third-order valence-corrected chi connectivity index (χ3v) is 4.41. The predicted molar refractivity (Wildman–Crippen MR) is 80.7 cm³/mol. The fourth-order valence-corrected chi connectivity index (χ4v) is 3.13. The maximum atomic E-state index is 14.5. The Kier molecular flexibility index (Phi) is 3.29. The SMILES string of the molecule is O=C(CBr)c1ccc2c(c1)C(F)(F)c1cc(Br)ccc1-2. The van der Waals surface area contributed by atoms with E-state index in [9.17, 15) is 13.6 Å². The molecule has 102 valence electrons. The standard InChI is InChI=1S/C15H8Br2F2O/c16-7-14(20)8-1-3-10-11-4-2-9(17)6-13(11)15(18,19)12(10)5-8/h1-6H,7H2. The van der Waals surface area contributed by atoms with Crippen LogP contribution in [0.3, 0.4) is 0 Å². The van der Waals surface area contributed by atoms with Crippen LogP contribution in [0.2, 0.25) is 0 Å². The zero-order valence-electron chi connectivity index (χ0n) is 10.1. The number of alkyl halides is 3. The second-order valence-corrected chi connectivity index (χ2v) is 6.06. The molecule has 2 aromatic carbocycles. The number of ketones is 1. The van der Waals surface area contributed by atoms with E-state index < -0.39 is 5.92 Å². The van der Waals surface area contributed by atoms with E-state index in [1.807, 2.05) is 0 Å². The molecule has 0 heterocycles. The van der Waals surface area contributed by atoms with Crippen molar-refractivity contribution >= 4 is 37.6 Å². The lowest BCUT2D eigenvalue weighted by molar-refractivity contribution is 0.0479. The molecule has 0 atom stereocenters. The summed E-state index contributed by atoms with van der Waals surface area (Å²) in [6, 6.07) is 9.33. The Hall–Kier alpha value is -1.07. The van der Waals surface area contributed by atoms with Gasteiger partial charge in [-0.3, -0.25) is 4.79 Å². The second-order valence-electron chi connectivity index (χ2n) is 4.58. The quantitative estimate of drug-likeness (QED) is 0.502. The Morgan fingerprint density at radius 3 is 2.30 bits per heavy atom. The molecular weight excluding hydrogens is 394 g/mol. The lowest BCUT2D eigenvalue weighted by atomic mass is 10.0. The van der Waals surface area contributed by atoms with E-state index in [1.165, 1.54) is 12.1 Å². The van der Waals surface area contributed by atoms with Gasteiger partial charge in [0.1, 0.15) is 0 Å². The lowest BCUT2D eigenvalue weighted by Gasteiger charge is -2.13. The molecule has 0 saturated heterocycles. The van der Waals surface area contributed by atoms with Crippen LogP contribution in [0, 0.1) is 0 Å². The molecule has 0 aromatic heterocycles. The maximum Gasteiger partial charge on any atom is 0.299 e. The Balaban J connectivity index is 2.24. The van der Waals surface area contributed by atoms with Crippen LogP contribution in [-0.2, 0) is 5.92 Å². The number of benzene rings is 2. The van der Waals surface area contributed by atoms with E-state index in [0.717, 1.165) is 0 Å². The first-order valence-electron chi connectivity index (χ1n) is 5.87. The number of rotatable bonds is 2. The minimum atomic E-state index is -3.07. The van der Waals surface area contributed by atoms with Crippen molar-refractivity contribution in [2.24, 2.45) is 0 Å². The third kappa shape index (κ3) is 1.95. The number of fused-ring (bicyclic) bond motifs is 3. The van der Waals surface area contributed by atoms with Crippen molar-refractivity contribution < 1.29 is 13.6 Å². The van der Waals surface area contributed by atoms with Crippen molar-refractivity contribution in [1.29, 1.82) is 0 Å². The summed E-state index contributed by atoms with van der Waals surface area (Å²) >= 11 is 6.27. The Labute approximate surface area is 131 Å². The number of halogens is 4. The normalized spacial score (nSPS) is 14.8. The summed E-state index contributed by atoms with van der Waals surface area (Å²) in [4.78, 5) is 11.7. The minimum Gasteiger partial charge on any atom is -0.293 e. The summed E-state index contributed by atoms with van der Waals surface area (Å²) in [6.07, 6.45) is 0. The van der Waals surface area contributed by atoms with Gasteiger partial charge in [0, 0.05) is 21.2 Å². The molecule has 1 aliphatic rings. The van der Waals surface area contributed by atoms with Crippen LogP contribution in [0.5, 0.6) is 0 Å². The highest BCUT2D eigenvalue weighted by Crippen LogP contribution is 2.51. The highest BCUT2D eigenvalue weighted by molar-refractivity contribution is 9.10. The maximum absolute atomic E-state index is 14.5. The van der Waals surface area contributed by atoms with Crippen LogP contribution in [-0.4, -0.2) is 11.1 Å². The largest absolute Gasteiger partial charge is 0.299 e. The van der Waals surface area contributed by atoms with Gasteiger partial charge < -0.3 is 0 Å². The monoisotopic (exact) mass is 400 g/mol. The van der Waals surface area contributed by atoms with Crippen LogP contribution >= 0.6 is 31.9 Å². The molecule has 1 nitrogen and oxygen atoms in total. The van der Waals surface area contributed by atoms with Gasteiger partial charge in [0.15, 0.2) is 5.78 Å². The number of hydrogen-bond acceptors (Lipinski definition) is 1. The highest BCUT2D eigenvalue weighted by Gasteiger charge is 2.44. The molecule has 0 unspecified atom stereocenters. The molecule has 2 aromatic rings. The smallest absolute Gasteiger partial charge is 0.293 e. The molecule has 0 fully saturated rings. The molecule has 0 aliphatic heterocycles. The molecule has 0 amide bonds. The van der Waals surface area contributed by atoms with Crippen molar-refractivity contribution in [3.05, 3.63) is 57.6 Å². The fourth-order valence-electron chi connectivity index (χ4n) is 2.45. The number of hydrogen-bond donors (Lipinski definition) is 0. The van der Waals surface area contributed by atoms with Gasteiger partial charge >= 0.3 is 0 Å². The van der Waals surface area contributed by atoms with Crippen LogP contribution in [0.4, 0.5) is 8.78 Å². The van der Waals surface area contributed by atoms with Gasteiger partial charge in [-0.1, -0.05) is 50.1 Å². The highest BCUT2D eigenvalue weighted by atomic mass is 79.9. The van der Waals surface area contributed by atoms with E-state index in [4.69, 9.17) is 0 Å². The first-order chi connectivity index (χ1) is 9.45. The van der Waals surface area contributed by atoms with E-state index in [2.05, 4.69) is 31.9 Å². The Morgan fingerprint density at radius 2 is 1.65 bits per heavy atom. The van der Waals surface area contributed by atoms with Crippen molar-refractivity contribution in [3.63, 3.8) is 0 Å². The van der Waals surface area contributed by atoms with Crippen molar-refractivity contribution in [2.75, 3.05) is 5.33 Å². The average molecular weight is 402 g/mol.